The molecule has 1 heterocycles. The molecule has 0 radical (unpaired) electrons. The van der Waals surface area contributed by atoms with Crippen molar-refractivity contribution in [3.63, 3.8) is 0 Å². The van der Waals surface area contributed by atoms with Gasteiger partial charge in [-0.2, -0.15) is 0 Å². The average Bonchev–Trinajstić information content (AvgIpc) is 2.84. The van der Waals surface area contributed by atoms with Crippen LogP contribution in [0.3, 0.4) is 0 Å². The summed E-state index contributed by atoms with van der Waals surface area (Å²) in [6.45, 7) is 0. The molecule has 5 heteroatoms. The van der Waals surface area contributed by atoms with E-state index in [1.807, 2.05) is 17.5 Å². The van der Waals surface area contributed by atoms with E-state index in [0.717, 1.165) is 10.9 Å². The number of thiophene rings is 1. The molecule has 2 aromatic rings. The molecule has 0 bridgehead atoms. The molecule has 0 aliphatic rings. The summed E-state index contributed by atoms with van der Waals surface area (Å²) < 4.78 is 13.3. The molecule has 0 N–H and O–H groups in total. The Hall–Kier alpha value is -1.16. The standard InChI is InChI=1S/C13H7Cl2FOS/c14-10-7-11(15)12(16)6-9(10)13(17)4-3-8-2-1-5-18-8/h1-7H/b4-3+. The quantitative estimate of drug-likeness (QED) is 0.438. The number of ketones is 1. The zero-order valence-electron chi connectivity index (χ0n) is 8.99. The van der Waals surface area contributed by atoms with E-state index in [1.54, 1.807) is 6.08 Å². The first-order valence-electron chi connectivity index (χ1n) is 4.98. The highest BCUT2D eigenvalue weighted by molar-refractivity contribution is 7.10. The van der Waals surface area contributed by atoms with Gasteiger partial charge in [0.2, 0.25) is 0 Å². The van der Waals surface area contributed by atoms with Crippen LogP contribution in [0.2, 0.25) is 10.0 Å². The number of benzene rings is 1. The van der Waals surface area contributed by atoms with Gasteiger partial charge < -0.3 is 0 Å². The highest BCUT2D eigenvalue weighted by Crippen LogP contribution is 2.25. The number of hydrogen-bond acceptors (Lipinski definition) is 2. The molecule has 0 aliphatic carbocycles. The maximum atomic E-state index is 13.3. The van der Waals surface area contributed by atoms with Crippen LogP contribution in [0.15, 0.2) is 35.7 Å². The van der Waals surface area contributed by atoms with Gasteiger partial charge in [0.25, 0.3) is 0 Å². The Morgan fingerprint density at radius 2 is 2.06 bits per heavy atom. The average molecular weight is 301 g/mol. The second kappa shape index (κ2) is 5.65. The summed E-state index contributed by atoms with van der Waals surface area (Å²) in [6.07, 6.45) is 3.02. The van der Waals surface area contributed by atoms with Crippen molar-refractivity contribution in [3.8, 4) is 0 Å². The van der Waals surface area contributed by atoms with Gasteiger partial charge in [-0.25, -0.2) is 4.39 Å². The lowest BCUT2D eigenvalue weighted by Gasteiger charge is -2.01. The van der Waals surface area contributed by atoms with E-state index in [2.05, 4.69) is 0 Å². The fraction of sp³-hybridized carbons (Fsp3) is 0. The summed E-state index contributed by atoms with van der Waals surface area (Å²) in [4.78, 5) is 12.8. The Kier molecular flexibility index (Phi) is 4.17. The first-order chi connectivity index (χ1) is 8.58. The Balaban J connectivity index is 2.27. The van der Waals surface area contributed by atoms with Crippen LogP contribution < -0.4 is 0 Å². The van der Waals surface area contributed by atoms with Gasteiger partial charge in [-0.3, -0.25) is 4.79 Å². The third-order valence-corrected chi connectivity index (χ3v) is 3.66. The molecule has 0 unspecified atom stereocenters. The van der Waals surface area contributed by atoms with Gasteiger partial charge in [0.15, 0.2) is 5.78 Å². The first-order valence-corrected chi connectivity index (χ1v) is 6.62. The first kappa shape index (κ1) is 13.3. The lowest BCUT2D eigenvalue weighted by Crippen LogP contribution is -1.97. The number of rotatable bonds is 3. The van der Waals surface area contributed by atoms with Crippen LogP contribution in [-0.2, 0) is 0 Å². The summed E-state index contributed by atoms with van der Waals surface area (Å²) in [5, 5.41) is 1.94. The minimum atomic E-state index is -0.658. The van der Waals surface area contributed by atoms with Crippen LogP contribution in [0, 0.1) is 5.82 Å². The normalized spacial score (nSPS) is 11.1. The van der Waals surface area contributed by atoms with Gasteiger partial charge in [0.05, 0.1) is 10.0 Å². The molecule has 0 spiro atoms. The summed E-state index contributed by atoms with van der Waals surface area (Å²) in [7, 11) is 0. The van der Waals surface area contributed by atoms with Crippen LogP contribution in [0.5, 0.6) is 0 Å². The molecule has 0 amide bonds. The van der Waals surface area contributed by atoms with Gasteiger partial charge in [-0.15, -0.1) is 11.3 Å². The number of allylic oxidation sites excluding steroid dienone is 1. The van der Waals surface area contributed by atoms with Crippen LogP contribution >= 0.6 is 34.5 Å². The number of carbonyl (C=O) groups excluding carboxylic acids is 1. The van der Waals surface area contributed by atoms with E-state index in [4.69, 9.17) is 23.2 Å². The van der Waals surface area contributed by atoms with E-state index >= 15 is 0 Å². The Morgan fingerprint density at radius 1 is 1.28 bits per heavy atom. The highest BCUT2D eigenvalue weighted by atomic mass is 35.5. The van der Waals surface area contributed by atoms with E-state index in [1.165, 1.54) is 23.5 Å². The molecule has 0 fully saturated rings. The van der Waals surface area contributed by atoms with Crippen LogP contribution in [0.4, 0.5) is 4.39 Å². The van der Waals surface area contributed by atoms with Gasteiger partial charge in [0.1, 0.15) is 5.82 Å². The van der Waals surface area contributed by atoms with Gasteiger partial charge in [0, 0.05) is 10.4 Å². The molecule has 18 heavy (non-hydrogen) atoms. The Bertz CT molecular complexity index is 606. The van der Waals surface area contributed by atoms with Crippen molar-refractivity contribution >= 4 is 46.4 Å². The molecule has 92 valence electrons. The zero-order chi connectivity index (χ0) is 13.1. The summed E-state index contributed by atoms with van der Waals surface area (Å²) in [5.41, 5.74) is 0.103. The Labute approximate surface area is 117 Å². The van der Waals surface area contributed by atoms with Crippen LogP contribution in [0.1, 0.15) is 15.2 Å². The zero-order valence-corrected chi connectivity index (χ0v) is 11.3. The monoisotopic (exact) mass is 300 g/mol. The van der Waals surface area contributed by atoms with Crippen LogP contribution in [-0.4, -0.2) is 5.78 Å². The number of carbonyl (C=O) groups is 1. The summed E-state index contributed by atoms with van der Waals surface area (Å²) >= 11 is 12.9. The topological polar surface area (TPSA) is 17.1 Å². The van der Waals surface area contributed by atoms with Crippen molar-refractivity contribution in [2.45, 2.75) is 0 Å². The van der Waals surface area contributed by atoms with E-state index in [0.29, 0.717) is 0 Å². The molecule has 0 aliphatic heterocycles. The van der Waals surface area contributed by atoms with Crippen molar-refractivity contribution in [2.24, 2.45) is 0 Å². The van der Waals surface area contributed by atoms with E-state index < -0.39 is 5.82 Å². The van der Waals surface area contributed by atoms with Gasteiger partial charge in [-0.05, 0) is 35.7 Å². The minimum Gasteiger partial charge on any atom is -0.289 e. The van der Waals surface area contributed by atoms with E-state index in [9.17, 15) is 9.18 Å². The van der Waals surface area contributed by atoms with Crippen molar-refractivity contribution in [1.29, 1.82) is 0 Å². The minimum absolute atomic E-state index is 0.0983. The number of halogens is 3. The third kappa shape index (κ3) is 2.99. The van der Waals surface area contributed by atoms with Gasteiger partial charge in [-0.1, -0.05) is 29.3 Å². The largest absolute Gasteiger partial charge is 0.289 e. The molecule has 0 saturated heterocycles. The maximum absolute atomic E-state index is 13.3. The Morgan fingerprint density at radius 3 is 2.72 bits per heavy atom. The molecular formula is C13H7Cl2FOS. The van der Waals surface area contributed by atoms with Crippen molar-refractivity contribution in [3.05, 3.63) is 62.0 Å². The molecule has 2 rings (SSSR count). The fourth-order valence-corrected chi connectivity index (χ4v) is 2.44. The van der Waals surface area contributed by atoms with Crippen molar-refractivity contribution in [2.75, 3.05) is 0 Å². The van der Waals surface area contributed by atoms with E-state index in [-0.39, 0.29) is 21.4 Å². The fourth-order valence-electron chi connectivity index (χ4n) is 1.35. The highest BCUT2D eigenvalue weighted by Gasteiger charge is 2.11. The molecule has 1 aromatic heterocycles. The molecular weight excluding hydrogens is 294 g/mol. The lowest BCUT2D eigenvalue weighted by atomic mass is 10.1. The second-order valence-electron chi connectivity index (χ2n) is 3.46. The van der Waals surface area contributed by atoms with Crippen molar-refractivity contribution < 1.29 is 9.18 Å². The summed E-state index contributed by atoms with van der Waals surface area (Å²) in [5.74, 6) is -1.02. The SMILES string of the molecule is O=C(/C=C/c1cccs1)c1cc(F)c(Cl)cc1Cl. The maximum Gasteiger partial charge on any atom is 0.187 e. The third-order valence-electron chi connectivity index (χ3n) is 2.22. The predicted octanol–water partition coefficient (Wildman–Crippen LogP) is 5.09. The van der Waals surface area contributed by atoms with Crippen LogP contribution in [0.25, 0.3) is 6.08 Å². The number of hydrogen-bond donors (Lipinski definition) is 0. The molecule has 0 atom stereocenters. The lowest BCUT2D eigenvalue weighted by molar-refractivity contribution is 0.104. The van der Waals surface area contributed by atoms with Crippen molar-refractivity contribution in [1.82, 2.24) is 0 Å². The second-order valence-corrected chi connectivity index (χ2v) is 5.25. The van der Waals surface area contributed by atoms with Gasteiger partial charge >= 0.3 is 0 Å². The smallest absolute Gasteiger partial charge is 0.187 e. The predicted molar refractivity (Wildman–Crippen MR) is 74.1 cm³/mol. The molecule has 0 saturated carbocycles. The summed E-state index contributed by atoms with van der Waals surface area (Å²) in [6, 6.07) is 6.03. The molecule has 1 nitrogen and oxygen atoms in total. The molecule has 1 aromatic carbocycles.